The predicted octanol–water partition coefficient (Wildman–Crippen LogP) is 0.277. The molecule has 2 atom stereocenters. The first-order valence-electron chi connectivity index (χ1n) is 7.17. The van der Waals surface area contributed by atoms with Crippen LogP contribution in [0.4, 0.5) is 0 Å². The van der Waals surface area contributed by atoms with E-state index in [4.69, 9.17) is 5.73 Å². The van der Waals surface area contributed by atoms with Crippen molar-refractivity contribution in [2.75, 3.05) is 18.8 Å². The van der Waals surface area contributed by atoms with E-state index in [0.29, 0.717) is 19.0 Å². The van der Waals surface area contributed by atoms with Gasteiger partial charge in [0.25, 0.3) is 0 Å². The van der Waals surface area contributed by atoms with Crippen LogP contribution >= 0.6 is 0 Å². The van der Waals surface area contributed by atoms with E-state index in [1.165, 1.54) is 12.8 Å². The quantitative estimate of drug-likeness (QED) is 0.846. The molecule has 6 nitrogen and oxygen atoms in total. The third kappa shape index (κ3) is 2.89. The zero-order chi connectivity index (χ0) is 14.3. The minimum atomic E-state index is -3.16. The van der Waals surface area contributed by atoms with Gasteiger partial charge in [0, 0.05) is 38.3 Å². The van der Waals surface area contributed by atoms with Crippen LogP contribution in [-0.4, -0.2) is 47.2 Å². The molecule has 0 amide bonds. The van der Waals surface area contributed by atoms with Gasteiger partial charge in [0.05, 0.1) is 17.8 Å². The number of hydrogen-bond donors (Lipinski definition) is 1. The van der Waals surface area contributed by atoms with E-state index < -0.39 is 10.0 Å². The molecule has 20 heavy (non-hydrogen) atoms. The molecule has 2 fully saturated rings. The molecule has 7 heteroatoms. The summed E-state index contributed by atoms with van der Waals surface area (Å²) in [5.41, 5.74) is 7.01. The SMILES string of the molecule is Cn1cnc([C@@H]2CN(S(=O)(=O)CCC3CC3)C[C@H]2N)c1. The molecule has 0 radical (unpaired) electrons. The molecule has 0 spiro atoms. The molecular weight excluding hydrogens is 276 g/mol. The summed E-state index contributed by atoms with van der Waals surface area (Å²) in [6, 6.07) is -0.166. The van der Waals surface area contributed by atoms with Crippen molar-refractivity contribution in [3.8, 4) is 0 Å². The van der Waals surface area contributed by atoms with Crippen molar-refractivity contribution in [3.05, 3.63) is 18.2 Å². The largest absolute Gasteiger partial charge is 0.340 e. The molecule has 1 aliphatic heterocycles. The monoisotopic (exact) mass is 298 g/mol. The van der Waals surface area contributed by atoms with E-state index in [9.17, 15) is 8.42 Å². The second kappa shape index (κ2) is 5.13. The van der Waals surface area contributed by atoms with Gasteiger partial charge in [0.1, 0.15) is 0 Å². The number of nitrogens with zero attached hydrogens (tertiary/aromatic N) is 3. The van der Waals surface area contributed by atoms with Gasteiger partial charge in [-0.25, -0.2) is 13.4 Å². The number of aromatic nitrogens is 2. The Hall–Kier alpha value is -0.920. The van der Waals surface area contributed by atoms with Crippen LogP contribution in [0.25, 0.3) is 0 Å². The molecule has 1 aliphatic carbocycles. The Labute approximate surface area is 120 Å². The number of hydrogen-bond acceptors (Lipinski definition) is 4. The fourth-order valence-corrected chi connectivity index (χ4v) is 4.48. The van der Waals surface area contributed by atoms with Crippen LogP contribution in [-0.2, 0) is 17.1 Å². The van der Waals surface area contributed by atoms with Crippen molar-refractivity contribution in [3.63, 3.8) is 0 Å². The van der Waals surface area contributed by atoms with Gasteiger partial charge < -0.3 is 10.3 Å². The Morgan fingerprint density at radius 1 is 1.40 bits per heavy atom. The molecule has 0 aromatic carbocycles. The Morgan fingerprint density at radius 2 is 2.15 bits per heavy atom. The zero-order valence-corrected chi connectivity index (χ0v) is 12.6. The van der Waals surface area contributed by atoms with Crippen molar-refractivity contribution >= 4 is 10.0 Å². The minimum absolute atomic E-state index is 0.00639. The topological polar surface area (TPSA) is 81.2 Å². The number of nitrogens with two attached hydrogens (primary N) is 1. The average Bonchev–Trinajstić information content (AvgIpc) is 3.00. The summed E-state index contributed by atoms with van der Waals surface area (Å²) in [4.78, 5) is 4.31. The second-order valence-electron chi connectivity index (χ2n) is 6.10. The van der Waals surface area contributed by atoms with Crippen LogP contribution in [0.5, 0.6) is 0 Å². The Bertz CT molecular complexity index is 579. The molecule has 112 valence electrons. The molecule has 1 aromatic heterocycles. The Morgan fingerprint density at radius 3 is 2.75 bits per heavy atom. The summed E-state index contributed by atoms with van der Waals surface area (Å²) in [5.74, 6) is 0.902. The molecule has 2 heterocycles. The fourth-order valence-electron chi connectivity index (χ4n) is 2.81. The van der Waals surface area contributed by atoms with Crippen LogP contribution in [0.2, 0.25) is 0 Å². The van der Waals surface area contributed by atoms with Gasteiger partial charge >= 0.3 is 0 Å². The van der Waals surface area contributed by atoms with Crippen molar-refractivity contribution in [1.29, 1.82) is 0 Å². The first kappa shape index (κ1) is 14.0. The third-order valence-electron chi connectivity index (χ3n) is 4.31. The summed E-state index contributed by atoms with van der Waals surface area (Å²) >= 11 is 0. The van der Waals surface area contributed by atoms with Crippen molar-refractivity contribution in [1.82, 2.24) is 13.9 Å². The predicted molar refractivity (Wildman–Crippen MR) is 76.6 cm³/mol. The van der Waals surface area contributed by atoms with Crippen molar-refractivity contribution in [2.24, 2.45) is 18.7 Å². The van der Waals surface area contributed by atoms with Crippen LogP contribution in [0, 0.1) is 5.92 Å². The van der Waals surface area contributed by atoms with E-state index in [2.05, 4.69) is 4.98 Å². The fraction of sp³-hybridized carbons (Fsp3) is 0.769. The molecule has 1 saturated carbocycles. The molecule has 3 rings (SSSR count). The number of imidazole rings is 1. The summed E-state index contributed by atoms with van der Waals surface area (Å²) in [6.45, 7) is 0.874. The number of rotatable bonds is 5. The lowest BCUT2D eigenvalue weighted by Crippen LogP contribution is -2.33. The number of aryl methyl sites for hydroxylation is 1. The second-order valence-corrected chi connectivity index (χ2v) is 8.19. The van der Waals surface area contributed by atoms with Crippen molar-refractivity contribution in [2.45, 2.75) is 31.2 Å². The molecule has 1 saturated heterocycles. The first-order valence-corrected chi connectivity index (χ1v) is 8.78. The summed E-state index contributed by atoms with van der Waals surface area (Å²) in [6.07, 6.45) is 6.82. The van der Waals surface area contributed by atoms with E-state index in [0.717, 1.165) is 12.1 Å². The average molecular weight is 298 g/mol. The lowest BCUT2D eigenvalue weighted by atomic mass is 10.0. The summed E-state index contributed by atoms with van der Waals surface area (Å²) in [7, 11) is -1.26. The maximum absolute atomic E-state index is 12.3. The van der Waals surface area contributed by atoms with Crippen LogP contribution in [0.15, 0.2) is 12.5 Å². The third-order valence-corrected chi connectivity index (χ3v) is 6.15. The van der Waals surface area contributed by atoms with Gasteiger partial charge in [-0.15, -0.1) is 0 Å². The Balaban J connectivity index is 1.67. The first-order chi connectivity index (χ1) is 9.45. The molecule has 0 bridgehead atoms. The summed E-state index contributed by atoms with van der Waals surface area (Å²) in [5, 5.41) is 0. The lowest BCUT2D eigenvalue weighted by molar-refractivity contribution is 0.467. The number of sulfonamides is 1. The molecule has 0 unspecified atom stereocenters. The Kier molecular flexibility index (Phi) is 3.60. The molecule has 2 N–H and O–H groups in total. The van der Waals surface area contributed by atoms with E-state index in [1.54, 1.807) is 10.6 Å². The standard InChI is InChI=1S/C13H22N4O2S/c1-16-8-13(15-9-16)11-6-17(7-12(11)14)20(18,19)5-4-10-2-3-10/h8-12H,2-7,14H2,1H3/t11-,12-/m1/s1. The normalized spacial score (nSPS) is 28.1. The van der Waals surface area contributed by atoms with E-state index >= 15 is 0 Å². The zero-order valence-electron chi connectivity index (χ0n) is 11.8. The van der Waals surface area contributed by atoms with Crippen LogP contribution in [0.3, 0.4) is 0 Å². The van der Waals surface area contributed by atoms with Crippen LogP contribution < -0.4 is 5.73 Å². The highest BCUT2D eigenvalue weighted by atomic mass is 32.2. The molecule has 2 aliphatic rings. The van der Waals surface area contributed by atoms with Gasteiger partial charge in [0.15, 0.2) is 0 Å². The van der Waals surface area contributed by atoms with Gasteiger partial charge in [-0.1, -0.05) is 12.8 Å². The van der Waals surface area contributed by atoms with Gasteiger partial charge in [0.2, 0.25) is 10.0 Å². The highest BCUT2D eigenvalue weighted by molar-refractivity contribution is 7.89. The van der Waals surface area contributed by atoms with Gasteiger partial charge in [-0.2, -0.15) is 4.31 Å². The summed E-state index contributed by atoms with van der Waals surface area (Å²) < 4.78 is 28.1. The van der Waals surface area contributed by atoms with E-state index in [1.807, 2.05) is 17.8 Å². The highest BCUT2D eigenvalue weighted by Gasteiger charge is 2.39. The lowest BCUT2D eigenvalue weighted by Gasteiger charge is -2.15. The smallest absolute Gasteiger partial charge is 0.214 e. The van der Waals surface area contributed by atoms with Crippen molar-refractivity contribution < 1.29 is 8.42 Å². The highest BCUT2D eigenvalue weighted by Crippen LogP contribution is 2.34. The minimum Gasteiger partial charge on any atom is -0.340 e. The maximum Gasteiger partial charge on any atom is 0.214 e. The maximum atomic E-state index is 12.3. The van der Waals surface area contributed by atoms with E-state index in [-0.39, 0.29) is 17.7 Å². The van der Waals surface area contributed by atoms with Gasteiger partial charge in [-0.05, 0) is 12.3 Å². The van der Waals surface area contributed by atoms with Crippen LogP contribution in [0.1, 0.15) is 30.9 Å². The van der Waals surface area contributed by atoms with Gasteiger partial charge in [-0.3, -0.25) is 0 Å². The molecular formula is C13H22N4O2S. The molecule has 1 aromatic rings.